The van der Waals surface area contributed by atoms with Gasteiger partial charge in [-0.25, -0.2) is 0 Å². The van der Waals surface area contributed by atoms with Crippen molar-refractivity contribution in [3.8, 4) is 0 Å². The van der Waals surface area contributed by atoms with Crippen LogP contribution in [0.3, 0.4) is 0 Å². The molecule has 7 heteroatoms. The molecular formula is C15H29IN6. The maximum Gasteiger partial charge on any atom is 0.191 e. The van der Waals surface area contributed by atoms with Gasteiger partial charge < -0.3 is 15.2 Å². The Bertz CT molecular complexity index is 457. The first-order valence-electron chi connectivity index (χ1n) is 8.28. The molecule has 1 aromatic rings. The Morgan fingerprint density at radius 2 is 2.05 bits per heavy atom. The predicted octanol–water partition coefficient (Wildman–Crippen LogP) is 2.13. The minimum atomic E-state index is 0. The van der Waals surface area contributed by atoms with E-state index in [9.17, 15) is 0 Å². The Hall–Kier alpha value is -0.860. The molecule has 2 heterocycles. The fourth-order valence-electron chi connectivity index (χ4n) is 2.59. The van der Waals surface area contributed by atoms with Crippen LogP contribution in [0.15, 0.2) is 4.99 Å². The van der Waals surface area contributed by atoms with Crippen LogP contribution in [-0.2, 0) is 19.4 Å². The molecule has 1 aliphatic heterocycles. The highest BCUT2D eigenvalue weighted by atomic mass is 127. The second kappa shape index (κ2) is 10.8. The van der Waals surface area contributed by atoms with Crippen molar-refractivity contribution in [1.29, 1.82) is 0 Å². The smallest absolute Gasteiger partial charge is 0.191 e. The minimum Gasteiger partial charge on any atom is -0.357 e. The molecule has 0 amide bonds. The van der Waals surface area contributed by atoms with Crippen LogP contribution in [-0.4, -0.2) is 40.4 Å². The molecule has 0 aliphatic carbocycles. The van der Waals surface area contributed by atoms with Gasteiger partial charge in [0.25, 0.3) is 0 Å². The van der Waals surface area contributed by atoms with E-state index < -0.39 is 0 Å². The molecule has 0 saturated carbocycles. The van der Waals surface area contributed by atoms with Crippen molar-refractivity contribution in [2.75, 3.05) is 19.6 Å². The molecule has 0 radical (unpaired) electrons. The quantitative estimate of drug-likeness (QED) is 0.421. The van der Waals surface area contributed by atoms with Gasteiger partial charge in [-0.3, -0.25) is 4.99 Å². The van der Waals surface area contributed by atoms with Gasteiger partial charge in [-0.15, -0.1) is 34.2 Å². The first-order chi connectivity index (χ1) is 10.3. The van der Waals surface area contributed by atoms with Gasteiger partial charge in [0.2, 0.25) is 0 Å². The maximum atomic E-state index is 4.50. The zero-order valence-electron chi connectivity index (χ0n) is 13.8. The summed E-state index contributed by atoms with van der Waals surface area (Å²) in [6, 6.07) is 0. The molecule has 0 spiro atoms. The average molecular weight is 420 g/mol. The van der Waals surface area contributed by atoms with Crippen molar-refractivity contribution in [3.63, 3.8) is 0 Å². The largest absolute Gasteiger partial charge is 0.357 e. The lowest BCUT2D eigenvalue weighted by atomic mass is 10.2. The van der Waals surface area contributed by atoms with Crippen molar-refractivity contribution in [2.45, 2.75) is 58.9 Å². The summed E-state index contributed by atoms with van der Waals surface area (Å²) >= 11 is 0. The molecule has 0 unspecified atom stereocenters. The summed E-state index contributed by atoms with van der Waals surface area (Å²) in [5, 5.41) is 15.3. The van der Waals surface area contributed by atoms with Gasteiger partial charge >= 0.3 is 0 Å². The number of halogens is 1. The van der Waals surface area contributed by atoms with E-state index in [2.05, 4.69) is 44.2 Å². The van der Waals surface area contributed by atoms with E-state index in [1.807, 2.05) is 0 Å². The van der Waals surface area contributed by atoms with Crippen molar-refractivity contribution in [2.24, 2.45) is 4.99 Å². The molecule has 6 nitrogen and oxygen atoms in total. The molecule has 0 fully saturated rings. The van der Waals surface area contributed by atoms with Crippen molar-refractivity contribution >= 4 is 29.9 Å². The van der Waals surface area contributed by atoms with Gasteiger partial charge in [0.05, 0.1) is 0 Å². The Labute approximate surface area is 150 Å². The monoisotopic (exact) mass is 420 g/mol. The first-order valence-corrected chi connectivity index (χ1v) is 8.28. The maximum absolute atomic E-state index is 4.50. The summed E-state index contributed by atoms with van der Waals surface area (Å²) < 4.78 is 2.31. The number of hydrogen-bond acceptors (Lipinski definition) is 3. The predicted molar refractivity (Wildman–Crippen MR) is 101 cm³/mol. The number of aryl methyl sites for hydroxylation is 1. The molecule has 0 saturated heterocycles. The number of rotatable bonds is 6. The van der Waals surface area contributed by atoms with E-state index >= 15 is 0 Å². The molecule has 0 bridgehead atoms. The highest BCUT2D eigenvalue weighted by molar-refractivity contribution is 14.0. The molecule has 22 heavy (non-hydrogen) atoms. The van der Waals surface area contributed by atoms with Crippen molar-refractivity contribution in [1.82, 2.24) is 25.4 Å². The van der Waals surface area contributed by atoms with E-state index in [0.717, 1.165) is 63.0 Å². The molecule has 0 aromatic carbocycles. The van der Waals surface area contributed by atoms with Gasteiger partial charge in [0.15, 0.2) is 5.96 Å². The molecular weight excluding hydrogens is 391 g/mol. The normalized spacial score (nSPS) is 14.7. The number of aliphatic imine (C=N–C) groups is 1. The Morgan fingerprint density at radius 1 is 1.18 bits per heavy atom. The highest BCUT2D eigenvalue weighted by Gasteiger charge is 2.14. The number of hydrogen-bond donors (Lipinski definition) is 2. The van der Waals surface area contributed by atoms with Crippen LogP contribution in [0.25, 0.3) is 0 Å². The average Bonchev–Trinajstić information content (AvgIpc) is 2.72. The SMILES string of the molecule is CCCN=C(NCC)NCCc1nnc2n1CCCCC2.I. The highest BCUT2D eigenvalue weighted by Crippen LogP contribution is 2.14. The number of guanidine groups is 1. The third-order valence-corrected chi connectivity index (χ3v) is 3.66. The summed E-state index contributed by atoms with van der Waals surface area (Å²) in [5.41, 5.74) is 0. The lowest BCUT2D eigenvalue weighted by Crippen LogP contribution is -2.38. The third kappa shape index (κ3) is 5.73. The molecule has 1 aromatic heterocycles. The molecule has 1 aliphatic rings. The van der Waals surface area contributed by atoms with Crippen LogP contribution in [0, 0.1) is 0 Å². The van der Waals surface area contributed by atoms with Gasteiger partial charge in [0, 0.05) is 39.0 Å². The number of aromatic nitrogens is 3. The fraction of sp³-hybridized carbons (Fsp3) is 0.800. The zero-order chi connectivity index (χ0) is 14.9. The van der Waals surface area contributed by atoms with E-state index in [1.54, 1.807) is 0 Å². The van der Waals surface area contributed by atoms with Crippen LogP contribution in [0.4, 0.5) is 0 Å². The van der Waals surface area contributed by atoms with Gasteiger partial charge in [-0.2, -0.15) is 0 Å². The molecule has 126 valence electrons. The summed E-state index contributed by atoms with van der Waals surface area (Å²) in [7, 11) is 0. The van der Waals surface area contributed by atoms with Gasteiger partial charge in [-0.05, 0) is 26.2 Å². The Morgan fingerprint density at radius 3 is 2.82 bits per heavy atom. The number of nitrogens with zero attached hydrogens (tertiary/aromatic N) is 4. The van der Waals surface area contributed by atoms with E-state index in [-0.39, 0.29) is 24.0 Å². The van der Waals surface area contributed by atoms with E-state index in [4.69, 9.17) is 0 Å². The Balaban J connectivity index is 0.00000242. The second-order valence-corrected chi connectivity index (χ2v) is 5.43. The summed E-state index contributed by atoms with van der Waals surface area (Å²) in [5.74, 6) is 3.16. The molecule has 2 rings (SSSR count). The number of fused-ring (bicyclic) bond motifs is 1. The fourth-order valence-corrected chi connectivity index (χ4v) is 2.59. The summed E-state index contributed by atoms with van der Waals surface area (Å²) in [4.78, 5) is 4.50. The third-order valence-electron chi connectivity index (χ3n) is 3.66. The van der Waals surface area contributed by atoms with Crippen LogP contribution in [0.1, 0.15) is 51.2 Å². The summed E-state index contributed by atoms with van der Waals surface area (Å²) in [6.45, 7) is 7.88. The topological polar surface area (TPSA) is 67.1 Å². The van der Waals surface area contributed by atoms with Crippen molar-refractivity contribution in [3.05, 3.63) is 11.6 Å². The van der Waals surface area contributed by atoms with Crippen LogP contribution in [0.2, 0.25) is 0 Å². The van der Waals surface area contributed by atoms with Crippen LogP contribution >= 0.6 is 24.0 Å². The van der Waals surface area contributed by atoms with E-state index in [1.165, 1.54) is 19.3 Å². The zero-order valence-corrected chi connectivity index (χ0v) is 16.1. The van der Waals surface area contributed by atoms with Crippen molar-refractivity contribution < 1.29 is 0 Å². The van der Waals surface area contributed by atoms with E-state index in [0.29, 0.717) is 0 Å². The molecule has 2 N–H and O–H groups in total. The van der Waals surface area contributed by atoms with Crippen LogP contribution in [0.5, 0.6) is 0 Å². The van der Waals surface area contributed by atoms with Gasteiger partial charge in [0.1, 0.15) is 11.6 Å². The van der Waals surface area contributed by atoms with Gasteiger partial charge in [-0.1, -0.05) is 13.3 Å². The lowest BCUT2D eigenvalue weighted by molar-refractivity contribution is 0.600. The first kappa shape index (κ1) is 19.2. The van der Waals surface area contributed by atoms with Crippen LogP contribution < -0.4 is 10.6 Å². The second-order valence-electron chi connectivity index (χ2n) is 5.43. The standard InChI is InChI=1S/C15H28N6.HI/c1-3-10-17-15(16-4-2)18-11-9-14-20-19-13-8-6-5-7-12-21(13)14;/h3-12H2,1-2H3,(H2,16,17,18);1H. The Kier molecular flexibility index (Phi) is 9.42. The lowest BCUT2D eigenvalue weighted by Gasteiger charge is -2.11. The molecule has 0 atom stereocenters. The number of nitrogens with one attached hydrogen (secondary N) is 2. The minimum absolute atomic E-state index is 0. The summed E-state index contributed by atoms with van der Waals surface area (Å²) in [6.07, 6.45) is 6.81.